The van der Waals surface area contributed by atoms with Gasteiger partial charge in [0.25, 0.3) is 5.91 Å². The summed E-state index contributed by atoms with van der Waals surface area (Å²) in [5.74, 6) is -0.706. The van der Waals surface area contributed by atoms with E-state index >= 15 is 0 Å². The number of carbonyl (C=O) groups excluding carboxylic acids is 2. The molecule has 2 N–H and O–H groups in total. The van der Waals surface area contributed by atoms with Crippen molar-refractivity contribution in [3.05, 3.63) is 22.9 Å². The second-order valence-corrected chi connectivity index (χ2v) is 6.82. The molecule has 2 heterocycles. The summed E-state index contributed by atoms with van der Waals surface area (Å²) >= 11 is 0. The summed E-state index contributed by atoms with van der Waals surface area (Å²) in [5, 5.41) is 11.8. The van der Waals surface area contributed by atoms with Gasteiger partial charge in [-0.15, -0.1) is 4.91 Å². The molecule has 0 bridgehead atoms. The Kier molecular flexibility index (Phi) is 5.53. The van der Waals surface area contributed by atoms with Crippen LogP contribution in [0.3, 0.4) is 0 Å². The van der Waals surface area contributed by atoms with Crippen LogP contribution in [0.4, 0.5) is 4.79 Å². The summed E-state index contributed by atoms with van der Waals surface area (Å²) in [4.78, 5) is 37.0. The minimum absolute atomic E-state index is 0.253. The molecule has 9 nitrogen and oxygen atoms in total. The monoisotopic (exact) mass is 337 g/mol. The van der Waals surface area contributed by atoms with Crippen LogP contribution in [0.1, 0.15) is 44.1 Å². The molecule has 0 spiro atoms. The Bertz CT molecular complexity index is 581. The van der Waals surface area contributed by atoms with E-state index in [2.05, 4.69) is 20.7 Å². The zero-order valence-electron chi connectivity index (χ0n) is 14.1. The molecule has 0 aliphatic carbocycles. The SMILES string of the molecule is CC(C)(C)OC(=O)N1CCCC(C(N=O)NC(=O)c2ccn[nH]2)C1. The van der Waals surface area contributed by atoms with E-state index in [1.54, 1.807) is 25.7 Å². The maximum absolute atomic E-state index is 12.2. The molecule has 9 heteroatoms. The van der Waals surface area contributed by atoms with Gasteiger partial charge in [0.2, 0.25) is 0 Å². The third kappa shape index (κ3) is 4.77. The van der Waals surface area contributed by atoms with Gasteiger partial charge in [-0.05, 0) is 44.9 Å². The Labute approximate surface area is 140 Å². The van der Waals surface area contributed by atoms with Gasteiger partial charge < -0.3 is 15.0 Å². The lowest BCUT2D eigenvalue weighted by atomic mass is 9.95. The highest BCUT2D eigenvalue weighted by Gasteiger charge is 2.33. The minimum atomic E-state index is -0.911. The number of ether oxygens (including phenoxy) is 1. The molecule has 0 aromatic carbocycles. The molecular weight excluding hydrogens is 314 g/mol. The highest BCUT2D eigenvalue weighted by Crippen LogP contribution is 2.22. The molecular formula is C15H23N5O4. The van der Waals surface area contributed by atoms with E-state index in [0.29, 0.717) is 19.5 Å². The molecule has 132 valence electrons. The average Bonchev–Trinajstić information content (AvgIpc) is 3.05. The Balaban J connectivity index is 1.97. The third-order valence-corrected chi connectivity index (χ3v) is 3.69. The predicted octanol–water partition coefficient (Wildman–Crippen LogP) is 1.88. The zero-order chi connectivity index (χ0) is 17.7. The number of nitrogens with one attached hydrogen (secondary N) is 2. The number of nitrogens with zero attached hydrogens (tertiary/aromatic N) is 3. The number of aromatic nitrogens is 2. The van der Waals surface area contributed by atoms with Gasteiger partial charge in [0.15, 0.2) is 6.17 Å². The van der Waals surface area contributed by atoms with Gasteiger partial charge in [-0.3, -0.25) is 9.89 Å². The first-order valence-corrected chi connectivity index (χ1v) is 7.91. The lowest BCUT2D eigenvalue weighted by molar-refractivity contribution is 0.0147. The Morgan fingerprint density at radius 2 is 2.25 bits per heavy atom. The molecule has 1 aliphatic rings. The predicted molar refractivity (Wildman–Crippen MR) is 86.2 cm³/mol. The minimum Gasteiger partial charge on any atom is -0.444 e. The fourth-order valence-electron chi connectivity index (χ4n) is 2.58. The molecule has 24 heavy (non-hydrogen) atoms. The lowest BCUT2D eigenvalue weighted by Gasteiger charge is -2.35. The molecule has 1 aromatic heterocycles. The van der Waals surface area contributed by atoms with Crippen molar-refractivity contribution in [3.8, 4) is 0 Å². The standard InChI is InChI=1S/C15H23N5O4/c1-15(2,3)24-14(22)20-8-4-5-10(9-20)12(19-23)17-13(21)11-6-7-16-18-11/h6-7,10,12H,4-5,8-9H2,1-3H3,(H,16,18)(H,17,21). The van der Waals surface area contributed by atoms with Gasteiger partial charge >= 0.3 is 6.09 Å². The van der Waals surface area contributed by atoms with E-state index < -0.39 is 23.8 Å². The summed E-state index contributed by atoms with van der Waals surface area (Å²) in [6.07, 6.45) is 1.53. The van der Waals surface area contributed by atoms with Crippen LogP contribution >= 0.6 is 0 Å². The maximum atomic E-state index is 12.2. The fourth-order valence-corrected chi connectivity index (χ4v) is 2.58. The van der Waals surface area contributed by atoms with Crippen LogP contribution in [0.25, 0.3) is 0 Å². The second kappa shape index (κ2) is 7.41. The molecule has 1 aliphatic heterocycles. The van der Waals surface area contributed by atoms with E-state index in [1.165, 1.54) is 12.3 Å². The van der Waals surface area contributed by atoms with Gasteiger partial charge in [0, 0.05) is 25.2 Å². The van der Waals surface area contributed by atoms with Crippen molar-refractivity contribution in [3.63, 3.8) is 0 Å². The van der Waals surface area contributed by atoms with Gasteiger partial charge in [0.05, 0.1) is 0 Å². The molecule has 2 amide bonds. The summed E-state index contributed by atoms with van der Waals surface area (Å²) in [7, 11) is 0. The first-order chi connectivity index (χ1) is 11.3. The first-order valence-electron chi connectivity index (χ1n) is 7.91. The van der Waals surface area contributed by atoms with Gasteiger partial charge in [-0.1, -0.05) is 0 Å². The van der Waals surface area contributed by atoms with Crippen molar-refractivity contribution < 1.29 is 14.3 Å². The van der Waals surface area contributed by atoms with E-state index in [-0.39, 0.29) is 11.6 Å². The van der Waals surface area contributed by atoms with E-state index in [0.717, 1.165) is 6.42 Å². The maximum Gasteiger partial charge on any atom is 0.410 e. The first kappa shape index (κ1) is 17.9. The van der Waals surface area contributed by atoms with E-state index in [1.807, 2.05) is 0 Å². The molecule has 1 saturated heterocycles. The lowest BCUT2D eigenvalue weighted by Crippen LogP contribution is -2.49. The normalized spacial score (nSPS) is 19.5. The molecule has 2 atom stereocenters. The molecule has 2 rings (SSSR count). The van der Waals surface area contributed by atoms with Crippen LogP contribution in [0.2, 0.25) is 0 Å². The van der Waals surface area contributed by atoms with Crippen LogP contribution in [0, 0.1) is 10.8 Å². The van der Waals surface area contributed by atoms with Crippen LogP contribution in [0.5, 0.6) is 0 Å². The summed E-state index contributed by atoms with van der Waals surface area (Å²) in [6, 6.07) is 1.51. The van der Waals surface area contributed by atoms with E-state index in [4.69, 9.17) is 4.74 Å². The Morgan fingerprint density at radius 3 is 2.83 bits per heavy atom. The van der Waals surface area contributed by atoms with Crippen molar-refractivity contribution in [2.24, 2.45) is 11.1 Å². The number of rotatable bonds is 4. The van der Waals surface area contributed by atoms with Crippen molar-refractivity contribution in [1.29, 1.82) is 0 Å². The van der Waals surface area contributed by atoms with Gasteiger partial charge in [-0.25, -0.2) is 4.79 Å². The van der Waals surface area contributed by atoms with Crippen LogP contribution in [0.15, 0.2) is 17.4 Å². The summed E-state index contributed by atoms with van der Waals surface area (Å²) < 4.78 is 5.36. The molecule has 0 radical (unpaired) electrons. The van der Waals surface area contributed by atoms with Crippen LogP contribution in [-0.2, 0) is 4.74 Å². The van der Waals surface area contributed by atoms with Gasteiger partial charge in [0.1, 0.15) is 11.3 Å². The largest absolute Gasteiger partial charge is 0.444 e. The summed E-state index contributed by atoms with van der Waals surface area (Å²) in [6.45, 7) is 6.27. The number of likely N-dealkylation sites (tertiary alicyclic amines) is 1. The molecule has 1 aromatic rings. The van der Waals surface area contributed by atoms with Crippen LogP contribution in [-0.4, -0.2) is 52.0 Å². The Hall–Kier alpha value is -2.45. The third-order valence-electron chi connectivity index (χ3n) is 3.69. The van der Waals surface area contributed by atoms with Crippen molar-refractivity contribution in [2.75, 3.05) is 13.1 Å². The smallest absolute Gasteiger partial charge is 0.410 e. The highest BCUT2D eigenvalue weighted by atomic mass is 16.6. The number of hydrogen-bond acceptors (Lipinski definition) is 6. The molecule has 1 fully saturated rings. The highest BCUT2D eigenvalue weighted by molar-refractivity contribution is 5.92. The molecule has 0 saturated carbocycles. The Morgan fingerprint density at radius 1 is 1.50 bits per heavy atom. The average molecular weight is 337 g/mol. The number of amides is 2. The zero-order valence-corrected chi connectivity index (χ0v) is 14.1. The fraction of sp³-hybridized carbons (Fsp3) is 0.667. The number of piperidine rings is 1. The van der Waals surface area contributed by atoms with Crippen LogP contribution < -0.4 is 5.32 Å². The number of nitroso groups, excluding NO2 is 1. The van der Waals surface area contributed by atoms with Gasteiger partial charge in [-0.2, -0.15) is 5.10 Å². The van der Waals surface area contributed by atoms with Crippen molar-refractivity contribution in [1.82, 2.24) is 20.4 Å². The topological polar surface area (TPSA) is 117 Å². The second-order valence-electron chi connectivity index (χ2n) is 6.82. The van der Waals surface area contributed by atoms with Crippen molar-refractivity contribution in [2.45, 2.75) is 45.4 Å². The number of aromatic amines is 1. The number of hydrogen-bond donors (Lipinski definition) is 2. The quantitative estimate of drug-likeness (QED) is 0.814. The van der Waals surface area contributed by atoms with Crippen molar-refractivity contribution >= 4 is 12.0 Å². The number of carbonyl (C=O) groups is 2. The van der Waals surface area contributed by atoms with E-state index in [9.17, 15) is 14.5 Å². The number of H-pyrrole nitrogens is 1. The summed E-state index contributed by atoms with van der Waals surface area (Å²) in [5.41, 5.74) is -0.329. The molecule has 2 unspecified atom stereocenters.